The van der Waals surface area contributed by atoms with Gasteiger partial charge in [-0.05, 0) is 18.2 Å². The van der Waals surface area contributed by atoms with Crippen LogP contribution in [0.15, 0.2) is 36.7 Å². The highest BCUT2D eigenvalue weighted by molar-refractivity contribution is 6.30. The number of benzene rings is 1. The fourth-order valence-corrected chi connectivity index (χ4v) is 1.56. The van der Waals surface area contributed by atoms with Crippen LogP contribution in [0, 0.1) is 11.3 Å². The molecule has 0 radical (unpaired) electrons. The summed E-state index contributed by atoms with van der Waals surface area (Å²) >= 11 is 5.89. The number of nitrogens with one attached hydrogen (secondary N) is 2. The zero-order valence-corrected chi connectivity index (χ0v) is 10.1. The topological polar surface area (TPSA) is 73.6 Å². The zero-order valence-electron chi connectivity index (χ0n) is 9.39. The predicted octanol–water partition coefficient (Wildman–Crippen LogP) is 2.81. The van der Waals surface area contributed by atoms with E-state index in [1.165, 1.54) is 6.33 Å². The van der Waals surface area contributed by atoms with Crippen molar-refractivity contribution in [1.29, 1.82) is 5.26 Å². The number of nitrogens with zero attached hydrogens (tertiary/aromatic N) is 3. The molecule has 18 heavy (non-hydrogen) atoms. The molecule has 1 aromatic heterocycles. The van der Waals surface area contributed by atoms with Crippen LogP contribution in [0.4, 0.5) is 17.3 Å². The number of aromatic nitrogens is 2. The quantitative estimate of drug-likeness (QED) is 0.826. The van der Waals surface area contributed by atoms with E-state index >= 15 is 0 Å². The molecule has 5 nitrogen and oxygen atoms in total. The Balaban J connectivity index is 2.12. The fourth-order valence-electron chi connectivity index (χ4n) is 1.37. The largest absolute Gasteiger partial charge is 0.357 e. The van der Waals surface area contributed by atoms with Gasteiger partial charge in [-0.3, -0.25) is 0 Å². The summed E-state index contributed by atoms with van der Waals surface area (Å²) in [7, 11) is 0. The Hall–Kier alpha value is -2.32. The monoisotopic (exact) mass is 259 g/mol. The Morgan fingerprint density at radius 2 is 2.06 bits per heavy atom. The number of hydrogen-bond acceptors (Lipinski definition) is 5. The molecule has 0 aliphatic heterocycles. The van der Waals surface area contributed by atoms with Crippen LogP contribution < -0.4 is 10.6 Å². The fraction of sp³-hybridized carbons (Fsp3) is 0.0833. The van der Waals surface area contributed by atoms with Crippen LogP contribution >= 0.6 is 11.6 Å². The molecule has 0 spiro atoms. The minimum absolute atomic E-state index is 0.202. The van der Waals surface area contributed by atoms with E-state index in [0.717, 1.165) is 5.69 Å². The van der Waals surface area contributed by atoms with Gasteiger partial charge in [-0.1, -0.05) is 17.7 Å². The molecular weight excluding hydrogens is 250 g/mol. The summed E-state index contributed by atoms with van der Waals surface area (Å²) in [5.41, 5.74) is 0.840. The lowest BCUT2D eigenvalue weighted by atomic mass is 10.3. The lowest BCUT2D eigenvalue weighted by Gasteiger charge is -2.07. The van der Waals surface area contributed by atoms with Crippen LogP contribution in [0.2, 0.25) is 5.02 Å². The van der Waals surface area contributed by atoms with Crippen LogP contribution in [0.3, 0.4) is 0 Å². The van der Waals surface area contributed by atoms with E-state index in [2.05, 4.69) is 20.6 Å². The van der Waals surface area contributed by atoms with Gasteiger partial charge in [0.2, 0.25) is 0 Å². The summed E-state index contributed by atoms with van der Waals surface area (Å²) in [6, 6.07) is 11.0. The second-order valence-electron chi connectivity index (χ2n) is 3.44. The number of rotatable bonds is 4. The van der Waals surface area contributed by atoms with Crippen molar-refractivity contribution in [1.82, 2.24) is 9.97 Å². The minimum atomic E-state index is 0.202. The summed E-state index contributed by atoms with van der Waals surface area (Å²) < 4.78 is 0. The van der Waals surface area contributed by atoms with E-state index < -0.39 is 0 Å². The van der Waals surface area contributed by atoms with Crippen molar-refractivity contribution in [3.8, 4) is 6.07 Å². The summed E-state index contributed by atoms with van der Waals surface area (Å²) in [5.74, 6) is 1.23. The highest BCUT2D eigenvalue weighted by Crippen LogP contribution is 2.19. The Kier molecular flexibility index (Phi) is 3.94. The molecule has 0 aliphatic carbocycles. The Morgan fingerprint density at radius 1 is 1.22 bits per heavy atom. The zero-order chi connectivity index (χ0) is 12.8. The van der Waals surface area contributed by atoms with Crippen LogP contribution in [0.25, 0.3) is 0 Å². The highest BCUT2D eigenvalue weighted by atomic mass is 35.5. The maximum Gasteiger partial charge on any atom is 0.135 e. The van der Waals surface area contributed by atoms with Crippen molar-refractivity contribution in [3.05, 3.63) is 41.7 Å². The van der Waals surface area contributed by atoms with Crippen molar-refractivity contribution in [2.24, 2.45) is 0 Å². The van der Waals surface area contributed by atoms with Gasteiger partial charge in [0.05, 0.1) is 6.07 Å². The minimum Gasteiger partial charge on any atom is -0.357 e. The maximum absolute atomic E-state index is 8.48. The molecule has 1 aromatic carbocycles. The summed E-state index contributed by atoms with van der Waals surface area (Å²) in [6.45, 7) is 0.202. The average molecular weight is 260 g/mol. The van der Waals surface area contributed by atoms with Gasteiger partial charge in [0.15, 0.2) is 0 Å². The first-order chi connectivity index (χ1) is 8.78. The number of anilines is 3. The molecule has 0 atom stereocenters. The van der Waals surface area contributed by atoms with Crippen LogP contribution in [-0.4, -0.2) is 16.5 Å². The molecule has 0 saturated carbocycles. The molecule has 0 unspecified atom stereocenters. The van der Waals surface area contributed by atoms with Crippen LogP contribution in [-0.2, 0) is 0 Å². The molecule has 90 valence electrons. The van der Waals surface area contributed by atoms with Crippen molar-refractivity contribution in [2.45, 2.75) is 0 Å². The molecule has 0 bridgehead atoms. The lowest BCUT2D eigenvalue weighted by Crippen LogP contribution is -2.02. The van der Waals surface area contributed by atoms with Gasteiger partial charge in [0.25, 0.3) is 0 Å². The Morgan fingerprint density at radius 3 is 2.83 bits per heavy atom. The smallest absolute Gasteiger partial charge is 0.135 e. The van der Waals surface area contributed by atoms with Gasteiger partial charge in [-0.2, -0.15) is 5.26 Å². The van der Waals surface area contributed by atoms with Crippen molar-refractivity contribution < 1.29 is 0 Å². The molecule has 0 aliphatic rings. The van der Waals surface area contributed by atoms with Crippen molar-refractivity contribution >= 4 is 28.9 Å². The molecule has 2 aromatic rings. The number of halogens is 1. The SMILES string of the molecule is N#CCNc1cc(Nc2cccc(Cl)c2)ncn1. The van der Waals surface area contributed by atoms with E-state index in [0.29, 0.717) is 16.7 Å². The van der Waals surface area contributed by atoms with Gasteiger partial charge in [0, 0.05) is 16.8 Å². The summed E-state index contributed by atoms with van der Waals surface area (Å²) in [6.07, 6.45) is 1.42. The third-order valence-electron chi connectivity index (χ3n) is 2.11. The highest BCUT2D eigenvalue weighted by Gasteiger charge is 1.99. The normalized spacial score (nSPS) is 9.56. The number of hydrogen-bond donors (Lipinski definition) is 2. The van der Waals surface area contributed by atoms with Gasteiger partial charge in [-0.15, -0.1) is 0 Å². The van der Waals surface area contributed by atoms with Crippen LogP contribution in [0.1, 0.15) is 0 Å². The molecule has 0 saturated heterocycles. The maximum atomic E-state index is 8.48. The summed E-state index contributed by atoms with van der Waals surface area (Å²) in [4.78, 5) is 8.08. The third-order valence-corrected chi connectivity index (χ3v) is 2.35. The van der Waals surface area contributed by atoms with Crippen molar-refractivity contribution in [2.75, 3.05) is 17.2 Å². The Bertz CT molecular complexity index is 579. The molecule has 6 heteroatoms. The number of nitriles is 1. The molecule has 0 fully saturated rings. The first-order valence-electron chi connectivity index (χ1n) is 5.23. The second-order valence-corrected chi connectivity index (χ2v) is 3.87. The van der Waals surface area contributed by atoms with Crippen molar-refractivity contribution in [3.63, 3.8) is 0 Å². The second kappa shape index (κ2) is 5.84. The lowest BCUT2D eigenvalue weighted by molar-refractivity contribution is 1.14. The Labute approximate surface area is 109 Å². The van der Waals surface area contributed by atoms with Crippen LogP contribution in [0.5, 0.6) is 0 Å². The van der Waals surface area contributed by atoms with Gasteiger partial charge in [0.1, 0.15) is 24.5 Å². The molecule has 0 amide bonds. The molecule has 2 rings (SSSR count). The first kappa shape index (κ1) is 12.1. The first-order valence-corrected chi connectivity index (χ1v) is 5.61. The van der Waals surface area contributed by atoms with E-state index in [9.17, 15) is 0 Å². The molecule has 2 N–H and O–H groups in total. The predicted molar refractivity (Wildman–Crippen MR) is 70.9 cm³/mol. The van der Waals surface area contributed by atoms with Gasteiger partial charge >= 0.3 is 0 Å². The molecule has 1 heterocycles. The average Bonchev–Trinajstić information content (AvgIpc) is 2.37. The van der Waals surface area contributed by atoms with E-state index in [-0.39, 0.29) is 6.54 Å². The van der Waals surface area contributed by atoms with Gasteiger partial charge < -0.3 is 10.6 Å². The summed E-state index contributed by atoms with van der Waals surface area (Å²) in [5, 5.41) is 15.1. The molecular formula is C12H10ClN5. The third kappa shape index (κ3) is 3.34. The van der Waals surface area contributed by atoms with E-state index in [1.54, 1.807) is 18.2 Å². The van der Waals surface area contributed by atoms with E-state index in [4.69, 9.17) is 16.9 Å². The standard InChI is InChI=1S/C12H10ClN5/c13-9-2-1-3-10(6-9)18-12-7-11(15-5-4-14)16-8-17-12/h1-3,6-8H,5H2,(H2,15,16,17,18). The van der Waals surface area contributed by atoms with Gasteiger partial charge in [-0.25, -0.2) is 9.97 Å². The van der Waals surface area contributed by atoms with E-state index in [1.807, 2.05) is 18.2 Å².